The smallest absolute Gasteiger partial charge is 0.265 e. The van der Waals surface area contributed by atoms with Crippen LogP contribution in [-0.4, -0.2) is 63.0 Å². The van der Waals surface area contributed by atoms with Crippen LogP contribution in [0.5, 0.6) is 5.75 Å². The molecule has 0 saturated carbocycles. The van der Waals surface area contributed by atoms with Gasteiger partial charge in [0.05, 0.1) is 24.2 Å². The maximum atomic E-state index is 13.4. The van der Waals surface area contributed by atoms with Gasteiger partial charge < -0.3 is 19.0 Å². The lowest BCUT2D eigenvalue weighted by molar-refractivity contribution is -0.139. The first-order valence-corrected chi connectivity index (χ1v) is 12.6. The van der Waals surface area contributed by atoms with Crippen LogP contribution in [0.1, 0.15) is 26.2 Å². The molecule has 2 amide bonds. The zero-order valence-electron chi connectivity index (χ0n) is 19.1. The number of amides is 2. The van der Waals surface area contributed by atoms with Crippen molar-refractivity contribution in [1.29, 1.82) is 0 Å². The molecule has 10 heteroatoms. The number of carbonyl (C=O) groups excluding carboxylic acids is 2. The highest BCUT2D eigenvalue weighted by Crippen LogP contribution is 2.34. The first-order chi connectivity index (χ1) is 16.7. The third kappa shape index (κ3) is 4.42. The normalized spacial score (nSPS) is 17.9. The molecule has 0 unspecified atom stereocenters. The molecule has 9 nitrogen and oxygen atoms in total. The van der Waals surface area contributed by atoms with Crippen LogP contribution in [0.15, 0.2) is 52.2 Å². The number of benzene rings is 1. The number of piperidine rings is 1. The number of aromatic nitrogens is 3. The molecule has 0 bridgehead atoms. The van der Waals surface area contributed by atoms with Gasteiger partial charge in [-0.25, -0.2) is 0 Å². The summed E-state index contributed by atoms with van der Waals surface area (Å²) in [5.74, 6) is 1.82. The number of hydrogen-bond donors (Lipinski definition) is 0. The quantitative estimate of drug-likeness (QED) is 0.498. The van der Waals surface area contributed by atoms with Gasteiger partial charge in [-0.15, -0.1) is 10.2 Å². The van der Waals surface area contributed by atoms with E-state index in [4.69, 9.17) is 9.15 Å². The predicted molar refractivity (Wildman–Crippen MR) is 128 cm³/mol. The summed E-state index contributed by atoms with van der Waals surface area (Å²) in [4.78, 5) is 30.0. The van der Waals surface area contributed by atoms with Crippen molar-refractivity contribution in [1.82, 2.24) is 19.7 Å². The fraction of sp³-hybridized carbons (Fsp3) is 0.417. The van der Waals surface area contributed by atoms with E-state index in [-0.39, 0.29) is 24.1 Å². The maximum absolute atomic E-state index is 13.4. The number of fused-ring (bicyclic) bond motifs is 1. The Hall–Kier alpha value is -3.27. The SMILES string of the molecule is CCn1c(SCC(=O)N2C[C@H](C(=O)N3CCCCC3)Oc3ccccc32)nnc1-c1ccco1. The highest BCUT2D eigenvalue weighted by atomic mass is 32.2. The third-order valence-corrected chi connectivity index (χ3v) is 7.07. The summed E-state index contributed by atoms with van der Waals surface area (Å²) in [7, 11) is 0. The largest absolute Gasteiger partial charge is 0.476 e. The average molecular weight is 482 g/mol. The molecule has 34 heavy (non-hydrogen) atoms. The number of nitrogens with zero attached hydrogens (tertiary/aromatic N) is 5. The summed E-state index contributed by atoms with van der Waals surface area (Å²) >= 11 is 1.32. The molecule has 3 aromatic rings. The molecule has 0 aliphatic carbocycles. The first-order valence-electron chi connectivity index (χ1n) is 11.6. The first kappa shape index (κ1) is 22.5. The Morgan fingerprint density at radius 1 is 1.09 bits per heavy atom. The van der Waals surface area contributed by atoms with E-state index in [2.05, 4.69) is 10.2 Å². The lowest BCUT2D eigenvalue weighted by Gasteiger charge is -2.37. The Morgan fingerprint density at radius 3 is 2.68 bits per heavy atom. The van der Waals surface area contributed by atoms with Crippen LogP contribution in [0, 0.1) is 0 Å². The molecule has 1 aromatic carbocycles. The molecule has 4 heterocycles. The predicted octanol–water partition coefficient (Wildman–Crippen LogP) is 3.46. The van der Waals surface area contributed by atoms with E-state index in [0.717, 1.165) is 32.4 Å². The molecule has 2 aromatic heterocycles. The number of ether oxygens (including phenoxy) is 1. The number of furan rings is 1. The van der Waals surface area contributed by atoms with Gasteiger partial charge in [-0.3, -0.25) is 14.2 Å². The molecule has 1 fully saturated rings. The topological polar surface area (TPSA) is 93.7 Å². The van der Waals surface area contributed by atoms with Crippen LogP contribution in [-0.2, 0) is 16.1 Å². The number of anilines is 1. The van der Waals surface area contributed by atoms with E-state index in [1.165, 1.54) is 11.8 Å². The van der Waals surface area contributed by atoms with Crippen LogP contribution in [0.25, 0.3) is 11.6 Å². The number of thioether (sulfide) groups is 1. The Labute approximate surface area is 202 Å². The van der Waals surface area contributed by atoms with Gasteiger partial charge in [-0.2, -0.15) is 0 Å². The minimum atomic E-state index is -0.702. The van der Waals surface area contributed by atoms with Crippen LogP contribution in [0.4, 0.5) is 5.69 Å². The zero-order chi connectivity index (χ0) is 23.5. The Bertz CT molecular complexity index is 1160. The molecule has 178 valence electrons. The average Bonchev–Trinajstić information content (AvgIpc) is 3.56. The van der Waals surface area contributed by atoms with Crippen molar-refractivity contribution >= 4 is 29.3 Å². The summed E-state index contributed by atoms with van der Waals surface area (Å²) in [5, 5.41) is 9.16. The van der Waals surface area contributed by atoms with Crippen LogP contribution < -0.4 is 9.64 Å². The number of carbonyl (C=O) groups is 2. The minimum Gasteiger partial charge on any atom is -0.476 e. The zero-order valence-corrected chi connectivity index (χ0v) is 19.9. The number of para-hydroxylation sites is 2. The lowest BCUT2D eigenvalue weighted by atomic mass is 10.1. The van der Waals surface area contributed by atoms with Crippen molar-refractivity contribution in [3.63, 3.8) is 0 Å². The summed E-state index contributed by atoms with van der Waals surface area (Å²) in [6.07, 6.45) is 4.05. The van der Waals surface area contributed by atoms with E-state index < -0.39 is 6.10 Å². The van der Waals surface area contributed by atoms with Crippen LogP contribution in [0.3, 0.4) is 0 Å². The Morgan fingerprint density at radius 2 is 1.91 bits per heavy atom. The summed E-state index contributed by atoms with van der Waals surface area (Å²) in [6.45, 7) is 4.33. The van der Waals surface area contributed by atoms with Gasteiger partial charge in [0.15, 0.2) is 22.8 Å². The van der Waals surface area contributed by atoms with Crippen molar-refractivity contribution in [3.05, 3.63) is 42.7 Å². The third-order valence-electron chi connectivity index (χ3n) is 6.12. The number of rotatable bonds is 6. The second-order valence-electron chi connectivity index (χ2n) is 8.28. The molecule has 1 atom stereocenters. The summed E-state index contributed by atoms with van der Waals surface area (Å²) in [6, 6.07) is 11.0. The van der Waals surface area contributed by atoms with E-state index in [1.807, 2.05) is 46.7 Å². The monoisotopic (exact) mass is 481 g/mol. The Balaban J connectivity index is 1.32. The standard InChI is InChI=1S/C24H27N5O4S/c1-2-28-22(19-11-8-14-32-19)25-26-24(28)34-16-21(30)29-15-20(23(31)27-12-6-3-7-13-27)33-18-10-5-4-9-17(18)29/h4-5,8-11,14,20H,2-3,6-7,12-13,15-16H2,1H3/t20-/m1/s1. The molecular formula is C24H27N5O4S. The van der Waals surface area contributed by atoms with Crippen molar-refractivity contribution in [2.75, 3.05) is 30.3 Å². The van der Waals surface area contributed by atoms with Gasteiger partial charge in [-0.05, 0) is 50.5 Å². The van der Waals surface area contributed by atoms with Crippen LogP contribution >= 0.6 is 11.8 Å². The fourth-order valence-electron chi connectivity index (χ4n) is 4.39. The molecule has 0 N–H and O–H groups in total. The van der Waals surface area contributed by atoms with Crippen molar-refractivity contribution in [3.8, 4) is 17.3 Å². The minimum absolute atomic E-state index is 0.0477. The van der Waals surface area contributed by atoms with Crippen molar-refractivity contribution < 1.29 is 18.7 Å². The molecule has 0 spiro atoms. The van der Waals surface area contributed by atoms with Gasteiger partial charge in [0, 0.05) is 19.6 Å². The van der Waals surface area contributed by atoms with Crippen LogP contribution in [0.2, 0.25) is 0 Å². The van der Waals surface area contributed by atoms with Gasteiger partial charge in [0.25, 0.3) is 5.91 Å². The van der Waals surface area contributed by atoms with Crippen molar-refractivity contribution in [2.45, 2.75) is 44.0 Å². The number of likely N-dealkylation sites (tertiary alicyclic amines) is 1. The molecular weight excluding hydrogens is 454 g/mol. The molecule has 0 radical (unpaired) electrons. The van der Waals surface area contributed by atoms with E-state index in [1.54, 1.807) is 17.2 Å². The highest BCUT2D eigenvalue weighted by Gasteiger charge is 2.36. The molecule has 2 aliphatic rings. The maximum Gasteiger partial charge on any atom is 0.265 e. The molecule has 2 aliphatic heterocycles. The summed E-state index contributed by atoms with van der Waals surface area (Å²) in [5.41, 5.74) is 0.684. The Kier molecular flexibility index (Phi) is 6.57. The summed E-state index contributed by atoms with van der Waals surface area (Å²) < 4.78 is 13.4. The van der Waals surface area contributed by atoms with Gasteiger partial charge in [0.1, 0.15) is 5.75 Å². The van der Waals surface area contributed by atoms with Gasteiger partial charge >= 0.3 is 0 Å². The van der Waals surface area contributed by atoms with Crippen molar-refractivity contribution in [2.24, 2.45) is 0 Å². The van der Waals surface area contributed by atoms with Gasteiger partial charge in [0.2, 0.25) is 5.91 Å². The fourth-order valence-corrected chi connectivity index (χ4v) is 5.27. The second-order valence-corrected chi connectivity index (χ2v) is 9.22. The molecule has 5 rings (SSSR count). The highest BCUT2D eigenvalue weighted by molar-refractivity contribution is 7.99. The number of hydrogen-bond acceptors (Lipinski definition) is 7. The van der Waals surface area contributed by atoms with E-state index in [0.29, 0.717) is 34.7 Å². The van der Waals surface area contributed by atoms with E-state index >= 15 is 0 Å². The molecule has 1 saturated heterocycles. The van der Waals surface area contributed by atoms with Gasteiger partial charge in [-0.1, -0.05) is 23.9 Å². The van der Waals surface area contributed by atoms with E-state index in [9.17, 15) is 9.59 Å². The lowest BCUT2D eigenvalue weighted by Crippen LogP contribution is -2.53. The second kappa shape index (κ2) is 9.92.